The lowest BCUT2D eigenvalue weighted by Crippen LogP contribution is -2.41. The fraction of sp³-hybridized carbons (Fsp3) is 0.583. The van der Waals surface area contributed by atoms with Crippen molar-refractivity contribution in [3.8, 4) is 0 Å². The minimum Gasteiger partial charge on any atom is -0.461 e. The number of nitrogens with zero attached hydrogens (tertiary/aromatic N) is 1. The van der Waals surface area contributed by atoms with E-state index in [1.54, 1.807) is 13.8 Å². The molecule has 1 unspecified atom stereocenters. The summed E-state index contributed by atoms with van der Waals surface area (Å²) in [4.78, 5) is 26.9. The molecule has 2 N–H and O–H groups in total. The Morgan fingerprint density at radius 2 is 2.11 bits per heavy atom. The van der Waals surface area contributed by atoms with Crippen LogP contribution in [0.4, 0.5) is 6.01 Å². The minimum atomic E-state index is -0.557. The molecule has 0 saturated carbocycles. The van der Waals surface area contributed by atoms with Gasteiger partial charge >= 0.3 is 5.97 Å². The summed E-state index contributed by atoms with van der Waals surface area (Å²) in [7, 11) is 0. The number of nitrogens with one attached hydrogen (secondary N) is 2. The predicted octanol–water partition coefficient (Wildman–Crippen LogP) is 1.18. The number of aromatic nitrogens is 1. The molecule has 0 bridgehead atoms. The number of amides is 1. The molecular formula is C12H19N3O4. The Balaban J connectivity index is 2.58. The maximum atomic E-state index is 11.7. The van der Waals surface area contributed by atoms with Gasteiger partial charge in [-0.3, -0.25) is 4.79 Å². The van der Waals surface area contributed by atoms with E-state index < -0.39 is 12.0 Å². The highest BCUT2D eigenvalue weighted by atomic mass is 16.5. The molecule has 1 atom stereocenters. The van der Waals surface area contributed by atoms with Gasteiger partial charge in [0.2, 0.25) is 5.91 Å². The number of oxazole rings is 1. The van der Waals surface area contributed by atoms with Crippen LogP contribution in [0.25, 0.3) is 0 Å². The van der Waals surface area contributed by atoms with Gasteiger partial charge in [0.1, 0.15) is 12.3 Å². The molecule has 0 aliphatic carbocycles. The topological polar surface area (TPSA) is 93.5 Å². The molecule has 0 aromatic carbocycles. The molecule has 7 nitrogen and oxygen atoms in total. The molecule has 0 radical (unpaired) electrons. The Bertz CT molecular complexity index is 442. The van der Waals surface area contributed by atoms with Gasteiger partial charge in [-0.05, 0) is 27.7 Å². The van der Waals surface area contributed by atoms with Crippen LogP contribution < -0.4 is 10.6 Å². The smallest absolute Gasteiger partial charge is 0.360 e. The highest BCUT2D eigenvalue weighted by molar-refractivity contribution is 5.87. The first-order chi connectivity index (χ1) is 8.93. The van der Waals surface area contributed by atoms with Crippen molar-refractivity contribution in [1.29, 1.82) is 0 Å². The molecule has 0 aliphatic heterocycles. The van der Waals surface area contributed by atoms with Crippen LogP contribution in [0.1, 0.15) is 38.2 Å². The van der Waals surface area contributed by atoms with Gasteiger partial charge < -0.3 is 19.8 Å². The number of carbonyl (C=O) groups is 2. The molecular weight excluding hydrogens is 250 g/mol. The molecule has 0 fully saturated rings. The summed E-state index contributed by atoms with van der Waals surface area (Å²) in [6, 6.07) is -0.359. The molecule has 106 valence electrons. The first-order valence-corrected chi connectivity index (χ1v) is 6.13. The van der Waals surface area contributed by atoms with E-state index in [2.05, 4.69) is 15.6 Å². The van der Waals surface area contributed by atoms with Crippen molar-refractivity contribution in [3.63, 3.8) is 0 Å². The summed E-state index contributed by atoms with van der Waals surface area (Å²) in [6.45, 7) is 7.38. The maximum absolute atomic E-state index is 11.7. The monoisotopic (exact) mass is 269 g/mol. The van der Waals surface area contributed by atoms with E-state index >= 15 is 0 Å². The third-order valence-corrected chi connectivity index (χ3v) is 2.15. The van der Waals surface area contributed by atoms with Gasteiger partial charge in [-0.15, -0.1) is 0 Å². The molecule has 0 spiro atoms. The summed E-state index contributed by atoms with van der Waals surface area (Å²) in [5.41, 5.74) is 0.0702. The molecule has 1 heterocycles. The number of ether oxygens (including phenoxy) is 1. The molecule has 1 rings (SSSR count). The van der Waals surface area contributed by atoms with Gasteiger partial charge in [0, 0.05) is 6.04 Å². The Hall–Kier alpha value is -2.05. The summed E-state index contributed by atoms with van der Waals surface area (Å²) in [6.07, 6.45) is 1.19. The van der Waals surface area contributed by atoms with Gasteiger partial charge in [-0.2, -0.15) is 4.98 Å². The number of hydrogen-bond donors (Lipinski definition) is 2. The standard InChI is InChI=1S/C12H19N3O4/c1-5-18-11(17)9-6-19-12(15-9)14-8(4)10(16)13-7(2)3/h6-8H,5H2,1-4H3,(H,13,16)(H,14,15). The van der Waals surface area contributed by atoms with E-state index in [9.17, 15) is 9.59 Å². The predicted molar refractivity (Wildman–Crippen MR) is 68.8 cm³/mol. The zero-order chi connectivity index (χ0) is 14.4. The number of hydrogen-bond acceptors (Lipinski definition) is 6. The summed E-state index contributed by atoms with van der Waals surface area (Å²) >= 11 is 0. The first kappa shape index (κ1) is 15.0. The fourth-order valence-electron chi connectivity index (χ4n) is 1.30. The van der Waals surface area contributed by atoms with Crippen molar-refractivity contribution in [1.82, 2.24) is 10.3 Å². The first-order valence-electron chi connectivity index (χ1n) is 6.13. The van der Waals surface area contributed by atoms with Crippen molar-refractivity contribution in [3.05, 3.63) is 12.0 Å². The Kier molecular flexibility index (Phi) is 5.35. The highest BCUT2D eigenvalue weighted by Crippen LogP contribution is 2.10. The maximum Gasteiger partial charge on any atom is 0.360 e. The van der Waals surface area contributed by atoms with E-state index in [0.717, 1.165) is 0 Å². The second-order valence-corrected chi connectivity index (χ2v) is 4.29. The zero-order valence-electron chi connectivity index (χ0n) is 11.5. The van der Waals surface area contributed by atoms with Crippen molar-refractivity contribution < 1.29 is 18.7 Å². The summed E-state index contributed by atoms with van der Waals surface area (Å²) < 4.78 is 9.83. The lowest BCUT2D eigenvalue weighted by molar-refractivity contribution is -0.122. The van der Waals surface area contributed by atoms with Crippen LogP contribution in [-0.2, 0) is 9.53 Å². The van der Waals surface area contributed by atoms with Crippen LogP contribution in [0.2, 0.25) is 0 Å². The van der Waals surface area contributed by atoms with Crippen LogP contribution in [-0.4, -0.2) is 35.6 Å². The molecule has 0 saturated heterocycles. The lowest BCUT2D eigenvalue weighted by atomic mass is 10.3. The Morgan fingerprint density at radius 1 is 1.42 bits per heavy atom. The molecule has 7 heteroatoms. The van der Waals surface area contributed by atoms with E-state index in [1.165, 1.54) is 6.26 Å². The van der Waals surface area contributed by atoms with Crippen molar-refractivity contribution in [2.75, 3.05) is 11.9 Å². The third-order valence-electron chi connectivity index (χ3n) is 2.15. The summed E-state index contributed by atoms with van der Waals surface area (Å²) in [5, 5.41) is 5.52. The average Bonchev–Trinajstić information content (AvgIpc) is 2.77. The van der Waals surface area contributed by atoms with E-state index in [1.807, 2.05) is 13.8 Å². The van der Waals surface area contributed by atoms with E-state index in [0.29, 0.717) is 0 Å². The quantitative estimate of drug-likeness (QED) is 0.753. The molecule has 19 heavy (non-hydrogen) atoms. The highest BCUT2D eigenvalue weighted by Gasteiger charge is 2.18. The fourth-order valence-corrected chi connectivity index (χ4v) is 1.30. The number of anilines is 1. The molecule has 1 amide bonds. The number of carbonyl (C=O) groups excluding carboxylic acids is 2. The Labute approximate surface area is 111 Å². The van der Waals surface area contributed by atoms with Gasteiger partial charge in [-0.25, -0.2) is 4.79 Å². The molecule has 0 aliphatic rings. The van der Waals surface area contributed by atoms with Crippen molar-refractivity contribution >= 4 is 17.9 Å². The van der Waals surface area contributed by atoms with Crippen LogP contribution in [0.15, 0.2) is 10.7 Å². The van der Waals surface area contributed by atoms with E-state index in [-0.39, 0.29) is 30.3 Å². The second-order valence-electron chi connectivity index (χ2n) is 4.29. The van der Waals surface area contributed by atoms with Gasteiger partial charge in [-0.1, -0.05) is 0 Å². The van der Waals surface area contributed by atoms with Gasteiger partial charge in [0.15, 0.2) is 5.69 Å². The molecule has 1 aromatic rings. The average molecular weight is 269 g/mol. The number of rotatable bonds is 6. The number of esters is 1. The van der Waals surface area contributed by atoms with Crippen LogP contribution in [0, 0.1) is 0 Å². The second kappa shape index (κ2) is 6.77. The minimum absolute atomic E-state index is 0.0522. The van der Waals surface area contributed by atoms with Gasteiger partial charge in [0.05, 0.1) is 6.61 Å². The SMILES string of the molecule is CCOC(=O)c1coc(NC(C)C(=O)NC(C)C)n1. The molecule has 1 aromatic heterocycles. The van der Waals surface area contributed by atoms with Crippen LogP contribution >= 0.6 is 0 Å². The van der Waals surface area contributed by atoms with Crippen molar-refractivity contribution in [2.45, 2.75) is 39.8 Å². The Morgan fingerprint density at radius 3 is 2.68 bits per heavy atom. The zero-order valence-corrected chi connectivity index (χ0v) is 11.5. The van der Waals surface area contributed by atoms with Crippen LogP contribution in [0.5, 0.6) is 0 Å². The summed E-state index contributed by atoms with van der Waals surface area (Å²) in [5.74, 6) is -0.732. The van der Waals surface area contributed by atoms with Crippen LogP contribution in [0.3, 0.4) is 0 Å². The van der Waals surface area contributed by atoms with Gasteiger partial charge in [0.25, 0.3) is 6.01 Å². The van der Waals surface area contributed by atoms with E-state index in [4.69, 9.17) is 9.15 Å². The van der Waals surface area contributed by atoms with Crippen molar-refractivity contribution in [2.24, 2.45) is 0 Å². The largest absolute Gasteiger partial charge is 0.461 e. The lowest BCUT2D eigenvalue weighted by Gasteiger charge is -2.14. The normalized spacial score (nSPS) is 12.1. The third kappa shape index (κ3) is 4.61.